The van der Waals surface area contributed by atoms with Gasteiger partial charge in [0.1, 0.15) is 5.82 Å². The maximum atomic E-state index is 14.5. The van der Waals surface area contributed by atoms with Gasteiger partial charge in [0.25, 0.3) is 0 Å². The molecule has 0 aromatic carbocycles. The van der Waals surface area contributed by atoms with Crippen LogP contribution in [0.1, 0.15) is 33.6 Å². The molecule has 4 rings (SSSR count). The number of anilines is 4. The molecule has 0 radical (unpaired) electrons. The Morgan fingerprint density at radius 1 is 1.11 bits per heavy atom. The molecule has 2 aliphatic rings. The number of hydroxylamine groups is 2. The Morgan fingerprint density at radius 2 is 1.89 bits per heavy atom. The number of carbonyl (C=O) groups is 1. The summed E-state index contributed by atoms with van der Waals surface area (Å²) in [6.45, 7) is 10.5. The first-order chi connectivity index (χ1) is 16.7. The quantitative estimate of drug-likeness (QED) is 0.634. The van der Waals surface area contributed by atoms with Gasteiger partial charge in [0.2, 0.25) is 5.95 Å². The van der Waals surface area contributed by atoms with Crippen LogP contribution in [0.15, 0.2) is 24.5 Å². The molecule has 0 aliphatic carbocycles. The summed E-state index contributed by atoms with van der Waals surface area (Å²) in [4.78, 5) is 35.2. The summed E-state index contributed by atoms with van der Waals surface area (Å²) in [5.41, 5.74) is 0.135. The molecule has 2 aliphatic heterocycles. The molecule has 35 heavy (non-hydrogen) atoms. The van der Waals surface area contributed by atoms with E-state index < -0.39 is 11.2 Å². The number of halogens is 1. The van der Waals surface area contributed by atoms with Crippen molar-refractivity contribution in [3.8, 4) is 0 Å². The van der Waals surface area contributed by atoms with Crippen LogP contribution in [0.4, 0.5) is 27.7 Å². The van der Waals surface area contributed by atoms with E-state index in [9.17, 15) is 9.18 Å². The van der Waals surface area contributed by atoms with E-state index in [1.54, 1.807) is 11.3 Å². The molecule has 2 aromatic rings. The maximum Gasteiger partial charge on any atom is 0.330 e. The van der Waals surface area contributed by atoms with Crippen molar-refractivity contribution in [2.24, 2.45) is 5.41 Å². The Kier molecular flexibility index (Phi) is 7.66. The average molecular weight is 487 g/mol. The van der Waals surface area contributed by atoms with Gasteiger partial charge in [0.05, 0.1) is 30.0 Å². The molecule has 4 heterocycles. The first kappa shape index (κ1) is 25.1. The van der Waals surface area contributed by atoms with Gasteiger partial charge >= 0.3 is 5.97 Å². The molecule has 190 valence electrons. The second-order valence-electron chi connectivity index (χ2n) is 10.2. The number of piperidine rings is 1. The zero-order valence-corrected chi connectivity index (χ0v) is 20.9. The highest BCUT2D eigenvalue weighted by Crippen LogP contribution is 2.23. The normalized spacial score (nSPS) is 19.9. The van der Waals surface area contributed by atoms with Crippen LogP contribution >= 0.6 is 0 Å². The Labute approximate surface area is 205 Å². The number of piperazine rings is 1. The van der Waals surface area contributed by atoms with E-state index >= 15 is 0 Å². The van der Waals surface area contributed by atoms with E-state index in [4.69, 9.17) is 4.84 Å². The van der Waals surface area contributed by atoms with Crippen molar-refractivity contribution in [3.63, 3.8) is 0 Å². The second kappa shape index (κ2) is 10.7. The van der Waals surface area contributed by atoms with Crippen molar-refractivity contribution in [3.05, 3.63) is 30.3 Å². The monoisotopic (exact) mass is 486 g/mol. The second-order valence-corrected chi connectivity index (χ2v) is 10.2. The van der Waals surface area contributed by atoms with Gasteiger partial charge in [-0.15, -0.1) is 5.06 Å². The van der Waals surface area contributed by atoms with Gasteiger partial charge in [-0.25, -0.2) is 19.2 Å². The zero-order valence-electron chi connectivity index (χ0n) is 20.9. The number of hydrogen-bond donors (Lipinski definition) is 2. The van der Waals surface area contributed by atoms with Crippen molar-refractivity contribution in [1.82, 2.24) is 24.9 Å². The number of aromatic nitrogens is 3. The molecule has 0 spiro atoms. The van der Waals surface area contributed by atoms with E-state index in [1.165, 1.54) is 0 Å². The molecule has 0 saturated carbocycles. The van der Waals surface area contributed by atoms with E-state index in [-0.39, 0.29) is 23.8 Å². The Morgan fingerprint density at radius 3 is 2.57 bits per heavy atom. The SMILES string of the molecule is CN1CCN(c2ccc(Nc3ncc(F)c(NC4CCCN(OC(=O)C(C)(C)C)C4)n3)cn2)CC1. The topological polar surface area (TPSA) is 98.8 Å². The summed E-state index contributed by atoms with van der Waals surface area (Å²) in [7, 11) is 2.12. The molecular formula is C24H35FN8O2. The van der Waals surface area contributed by atoms with Crippen molar-refractivity contribution in [2.45, 2.75) is 39.7 Å². The minimum absolute atomic E-state index is 0.110. The third-order valence-corrected chi connectivity index (χ3v) is 6.12. The predicted molar refractivity (Wildman–Crippen MR) is 133 cm³/mol. The lowest BCUT2D eigenvalue weighted by Crippen LogP contribution is -2.44. The first-order valence-electron chi connectivity index (χ1n) is 12.1. The molecule has 1 atom stereocenters. The third kappa shape index (κ3) is 6.76. The molecule has 2 saturated heterocycles. The van der Waals surface area contributed by atoms with Gasteiger partial charge in [-0.2, -0.15) is 4.98 Å². The highest BCUT2D eigenvalue weighted by molar-refractivity contribution is 5.75. The zero-order chi connectivity index (χ0) is 25.0. The van der Waals surface area contributed by atoms with Crippen LogP contribution in [0.3, 0.4) is 0 Å². The predicted octanol–water partition coefficient (Wildman–Crippen LogP) is 2.89. The van der Waals surface area contributed by atoms with Crippen LogP contribution in [0, 0.1) is 11.2 Å². The van der Waals surface area contributed by atoms with Crippen LogP contribution in [-0.2, 0) is 9.63 Å². The fraction of sp³-hybridized carbons (Fsp3) is 0.583. The number of nitrogens with zero attached hydrogens (tertiary/aromatic N) is 6. The minimum atomic E-state index is -0.586. The molecular weight excluding hydrogens is 451 g/mol. The molecule has 10 nitrogen and oxygen atoms in total. The molecule has 0 amide bonds. The first-order valence-corrected chi connectivity index (χ1v) is 12.1. The van der Waals surface area contributed by atoms with Gasteiger partial charge in [-0.1, -0.05) is 0 Å². The van der Waals surface area contributed by atoms with E-state index in [1.807, 2.05) is 32.9 Å². The third-order valence-electron chi connectivity index (χ3n) is 6.12. The van der Waals surface area contributed by atoms with Gasteiger partial charge in [-0.05, 0) is 52.8 Å². The molecule has 11 heteroatoms. The molecule has 2 aromatic heterocycles. The number of carbonyl (C=O) groups excluding carboxylic acids is 1. The fourth-order valence-corrected chi connectivity index (χ4v) is 3.93. The Balaban J connectivity index is 1.36. The number of likely N-dealkylation sites (N-methyl/N-ethyl adjacent to an activating group) is 1. The van der Waals surface area contributed by atoms with E-state index in [2.05, 4.69) is 42.4 Å². The largest absolute Gasteiger partial charge is 0.367 e. The lowest BCUT2D eigenvalue weighted by atomic mass is 9.98. The molecule has 2 N–H and O–H groups in total. The maximum absolute atomic E-state index is 14.5. The molecule has 1 unspecified atom stereocenters. The Hall–Kier alpha value is -3.05. The van der Waals surface area contributed by atoms with Crippen molar-refractivity contribution >= 4 is 29.2 Å². The molecule has 2 fully saturated rings. The molecule has 0 bridgehead atoms. The van der Waals surface area contributed by atoms with Gasteiger partial charge in [0.15, 0.2) is 11.6 Å². The van der Waals surface area contributed by atoms with Gasteiger partial charge in [-0.3, -0.25) is 0 Å². The van der Waals surface area contributed by atoms with Gasteiger partial charge in [0, 0.05) is 38.8 Å². The van der Waals surface area contributed by atoms with Crippen LogP contribution in [0.25, 0.3) is 0 Å². The lowest BCUT2D eigenvalue weighted by Gasteiger charge is -2.33. The standard InChI is InChI=1S/C24H35FN8O2/c1-24(2,3)22(34)35-33-9-5-6-18(16-33)28-21-19(25)15-27-23(30-21)29-17-7-8-20(26-14-17)32-12-10-31(4)11-13-32/h7-8,14-15,18H,5-6,9-13,16H2,1-4H3,(H2,27,28,29,30). The smallest absolute Gasteiger partial charge is 0.330 e. The number of pyridine rings is 1. The fourth-order valence-electron chi connectivity index (χ4n) is 3.93. The van der Waals surface area contributed by atoms with Crippen LogP contribution in [-0.4, -0.2) is 83.2 Å². The van der Waals surface area contributed by atoms with E-state index in [0.29, 0.717) is 13.1 Å². The number of nitrogens with one attached hydrogen (secondary N) is 2. The van der Waals surface area contributed by atoms with Crippen molar-refractivity contribution in [1.29, 1.82) is 0 Å². The van der Waals surface area contributed by atoms with Crippen LogP contribution in [0.5, 0.6) is 0 Å². The van der Waals surface area contributed by atoms with E-state index in [0.717, 1.165) is 56.7 Å². The lowest BCUT2D eigenvalue weighted by molar-refractivity contribution is -0.204. The summed E-state index contributed by atoms with van der Waals surface area (Å²) < 4.78 is 14.5. The van der Waals surface area contributed by atoms with Crippen LogP contribution in [0.2, 0.25) is 0 Å². The minimum Gasteiger partial charge on any atom is -0.367 e. The van der Waals surface area contributed by atoms with Crippen molar-refractivity contribution < 1.29 is 14.0 Å². The summed E-state index contributed by atoms with van der Waals surface area (Å²) in [5, 5.41) is 7.89. The highest BCUT2D eigenvalue weighted by atomic mass is 19.1. The number of hydrogen-bond acceptors (Lipinski definition) is 10. The number of rotatable bonds is 6. The summed E-state index contributed by atoms with van der Waals surface area (Å²) in [6, 6.07) is 3.77. The summed E-state index contributed by atoms with van der Waals surface area (Å²) >= 11 is 0. The average Bonchev–Trinajstić information content (AvgIpc) is 2.82. The van der Waals surface area contributed by atoms with Crippen molar-refractivity contribution in [2.75, 3.05) is 61.8 Å². The highest BCUT2D eigenvalue weighted by Gasteiger charge is 2.29. The van der Waals surface area contributed by atoms with Gasteiger partial charge < -0.3 is 25.3 Å². The summed E-state index contributed by atoms with van der Waals surface area (Å²) in [6.07, 6.45) is 4.51. The summed E-state index contributed by atoms with van der Waals surface area (Å²) in [5.74, 6) is 0.487. The Bertz CT molecular complexity index is 1010. The van der Waals surface area contributed by atoms with Crippen LogP contribution < -0.4 is 15.5 Å².